The highest BCUT2D eigenvalue weighted by atomic mass is 19.4. The van der Waals surface area contributed by atoms with E-state index < -0.39 is 24.3 Å². The Bertz CT molecular complexity index is 182. The number of ether oxygens (including phenoxy) is 2. The highest BCUT2D eigenvalue weighted by molar-refractivity contribution is 5.75. The van der Waals surface area contributed by atoms with Crippen molar-refractivity contribution in [1.82, 2.24) is 0 Å². The largest absolute Gasteiger partial charge is 0.467 e. The summed E-state index contributed by atoms with van der Waals surface area (Å²) in [6.07, 6.45) is -6.50. The molecule has 0 amide bonds. The fourth-order valence-corrected chi connectivity index (χ4v) is 0.677. The third kappa shape index (κ3) is 3.19. The molecule has 0 aromatic carbocycles. The minimum atomic E-state index is -4.69. The number of carbonyl (C=O) groups is 1. The third-order valence-corrected chi connectivity index (χ3v) is 1.39. The van der Waals surface area contributed by atoms with E-state index in [1.165, 1.54) is 0 Å². The molecule has 0 spiro atoms. The molecule has 78 valence electrons. The second kappa shape index (κ2) is 4.43. The quantitative estimate of drug-likeness (QED) is 0.656. The lowest BCUT2D eigenvalue weighted by atomic mass is 10.1. The highest BCUT2D eigenvalue weighted by Crippen LogP contribution is 2.22. The number of rotatable bonds is 3. The van der Waals surface area contributed by atoms with Crippen LogP contribution >= 0.6 is 0 Å². The molecule has 2 N–H and O–H groups in total. The van der Waals surface area contributed by atoms with E-state index in [9.17, 15) is 18.0 Å². The van der Waals surface area contributed by atoms with Crippen LogP contribution in [0, 0.1) is 0 Å². The SMILES string of the molecule is COC(=O)[C@H](OC)[C@@H](N)C(F)(F)F. The molecule has 0 saturated heterocycles. The first-order valence-corrected chi connectivity index (χ1v) is 3.27. The summed E-state index contributed by atoms with van der Waals surface area (Å²) in [6.45, 7) is 0. The van der Waals surface area contributed by atoms with Crippen molar-refractivity contribution in [2.75, 3.05) is 14.2 Å². The van der Waals surface area contributed by atoms with Crippen molar-refractivity contribution in [1.29, 1.82) is 0 Å². The summed E-state index contributed by atoms with van der Waals surface area (Å²) < 4.78 is 44.3. The predicted molar refractivity (Wildman–Crippen MR) is 36.8 cm³/mol. The van der Waals surface area contributed by atoms with Crippen LogP contribution in [0.15, 0.2) is 0 Å². The van der Waals surface area contributed by atoms with Gasteiger partial charge in [0.15, 0.2) is 6.10 Å². The van der Waals surface area contributed by atoms with Crippen molar-refractivity contribution >= 4 is 5.97 Å². The molecule has 0 aromatic heterocycles. The van der Waals surface area contributed by atoms with Gasteiger partial charge in [-0.1, -0.05) is 0 Å². The number of nitrogens with two attached hydrogens (primary N) is 1. The molecule has 0 aliphatic heterocycles. The maximum atomic E-state index is 12.0. The van der Waals surface area contributed by atoms with Crippen molar-refractivity contribution < 1.29 is 27.4 Å². The van der Waals surface area contributed by atoms with Crippen molar-refractivity contribution in [3.63, 3.8) is 0 Å². The van der Waals surface area contributed by atoms with E-state index in [0.717, 1.165) is 14.2 Å². The van der Waals surface area contributed by atoms with Gasteiger partial charge < -0.3 is 15.2 Å². The fourth-order valence-electron chi connectivity index (χ4n) is 0.677. The molecule has 13 heavy (non-hydrogen) atoms. The Hall–Kier alpha value is -0.820. The van der Waals surface area contributed by atoms with Crippen LogP contribution in [0.25, 0.3) is 0 Å². The Balaban J connectivity index is 4.50. The van der Waals surface area contributed by atoms with Crippen LogP contribution in [0.1, 0.15) is 0 Å². The van der Waals surface area contributed by atoms with Gasteiger partial charge in [0.25, 0.3) is 0 Å². The van der Waals surface area contributed by atoms with Gasteiger partial charge in [0.2, 0.25) is 0 Å². The Labute approximate surface area is 72.8 Å². The summed E-state index contributed by atoms with van der Waals surface area (Å²) >= 11 is 0. The number of halogens is 3. The van der Waals surface area contributed by atoms with Gasteiger partial charge in [-0.05, 0) is 0 Å². The molecule has 0 bridgehead atoms. The van der Waals surface area contributed by atoms with Crippen LogP contribution in [-0.2, 0) is 14.3 Å². The molecule has 4 nitrogen and oxygen atoms in total. The van der Waals surface area contributed by atoms with Crippen LogP contribution in [0.3, 0.4) is 0 Å². The zero-order chi connectivity index (χ0) is 10.6. The molecular formula is C6H10F3NO3. The van der Waals surface area contributed by atoms with Gasteiger partial charge in [-0.2, -0.15) is 13.2 Å². The second-order valence-corrected chi connectivity index (χ2v) is 2.25. The molecule has 0 aliphatic rings. The van der Waals surface area contributed by atoms with Crippen molar-refractivity contribution in [3.8, 4) is 0 Å². The summed E-state index contributed by atoms with van der Waals surface area (Å²) in [5.41, 5.74) is 4.73. The maximum absolute atomic E-state index is 12.0. The number of methoxy groups -OCH3 is 2. The first kappa shape index (κ1) is 12.2. The molecule has 0 radical (unpaired) electrons. The first-order chi connectivity index (χ1) is 5.84. The Morgan fingerprint density at radius 1 is 1.38 bits per heavy atom. The number of carbonyl (C=O) groups excluding carboxylic acids is 1. The zero-order valence-electron chi connectivity index (χ0n) is 7.09. The molecule has 0 rings (SSSR count). The van der Waals surface area contributed by atoms with Gasteiger partial charge in [0.05, 0.1) is 7.11 Å². The summed E-state index contributed by atoms with van der Waals surface area (Å²) in [7, 11) is 1.91. The number of alkyl halides is 3. The molecule has 0 fully saturated rings. The van der Waals surface area contributed by atoms with Gasteiger partial charge in [-0.3, -0.25) is 0 Å². The van der Waals surface area contributed by atoms with Gasteiger partial charge in [0.1, 0.15) is 6.04 Å². The van der Waals surface area contributed by atoms with Gasteiger partial charge in [-0.25, -0.2) is 4.79 Å². The van der Waals surface area contributed by atoms with Crippen LogP contribution in [-0.4, -0.2) is 38.5 Å². The van der Waals surface area contributed by atoms with Gasteiger partial charge >= 0.3 is 12.1 Å². The van der Waals surface area contributed by atoms with Crippen LogP contribution in [0.2, 0.25) is 0 Å². The van der Waals surface area contributed by atoms with Crippen molar-refractivity contribution in [3.05, 3.63) is 0 Å². The van der Waals surface area contributed by atoms with E-state index in [2.05, 4.69) is 9.47 Å². The molecule has 0 heterocycles. The summed E-state index contributed by atoms with van der Waals surface area (Å²) in [6, 6.07) is -2.37. The molecule has 7 heteroatoms. The predicted octanol–water partition coefficient (Wildman–Crippen LogP) is 0.0640. The van der Waals surface area contributed by atoms with Crippen LogP contribution in [0.5, 0.6) is 0 Å². The van der Waals surface area contributed by atoms with Crippen LogP contribution < -0.4 is 5.73 Å². The number of esters is 1. The summed E-state index contributed by atoms with van der Waals surface area (Å²) in [5, 5.41) is 0. The normalized spacial score (nSPS) is 16.5. The fraction of sp³-hybridized carbons (Fsp3) is 0.833. The molecular weight excluding hydrogens is 191 g/mol. The van der Waals surface area contributed by atoms with E-state index >= 15 is 0 Å². The van der Waals surface area contributed by atoms with Crippen molar-refractivity contribution in [2.24, 2.45) is 5.73 Å². The van der Waals surface area contributed by atoms with Gasteiger partial charge in [0, 0.05) is 7.11 Å². The molecule has 0 aliphatic carbocycles. The molecule has 0 saturated carbocycles. The standard InChI is InChI=1S/C6H10F3NO3/c1-12-3(5(11)13-2)4(10)6(7,8)9/h3-4H,10H2,1-2H3/t3-,4-/m1/s1. The number of hydrogen-bond donors (Lipinski definition) is 1. The molecule has 2 atom stereocenters. The van der Waals surface area contributed by atoms with E-state index in [1.54, 1.807) is 0 Å². The smallest absolute Gasteiger partial charge is 0.406 e. The van der Waals surface area contributed by atoms with E-state index in [1.807, 2.05) is 0 Å². The lowest BCUT2D eigenvalue weighted by molar-refractivity contribution is -0.188. The van der Waals surface area contributed by atoms with E-state index in [-0.39, 0.29) is 0 Å². The summed E-state index contributed by atoms with van der Waals surface area (Å²) in [4.78, 5) is 10.7. The lowest BCUT2D eigenvalue weighted by Gasteiger charge is -2.22. The average molecular weight is 201 g/mol. The summed E-state index contributed by atoms with van der Waals surface area (Å²) in [5.74, 6) is -1.15. The first-order valence-electron chi connectivity index (χ1n) is 3.27. The Kier molecular flexibility index (Phi) is 4.15. The second-order valence-electron chi connectivity index (χ2n) is 2.25. The lowest BCUT2D eigenvalue weighted by Crippen LogP contribution is -2.51. The van der Waals surface area contributed by atoms with E-state index in [0.29, 0.717) is 0 Å². The topological polar surface area (TPSA) is 61.5 Å². The average Bonchev–Trinajstić information content (AvgIpc) is 2.03. The monoisotopic (exact) mass is 201 g/mol. The molecule has 0 aromatic rings. The maximum Gasteiger partial charge on any atom is 0.406 e. The van der Waals surface area contributed by atoms with Gasteiger partial charge in [-0.15, -0.1) is 0 Å². The minimum absolute atomic E-state index is 0.952. The Morgan fingerprint density at radius 3 is 2.08 bits per heavy atom. The minimum Gasteiger partial charge on any atom is -0.467 e. The van der Waals surface area contributed by atoms with Crippen LogP contribution in [0.4, 0.5) is 13.2 Å². The van der Waals surface area contributed by atoms with E-state index in [4.69, 9.17) is 5.73 Å². The zero-order valence-corrected chi connectivity index (χ0v) is 7.09. The Morgan fingerprint density at radius 2 is 1.85 bits per heavy atom. The van der Waals surface area contributed by atoms with Crippen molar-refractivity contribution in [2.45, 2.75) is 18.3 Å². The molecule has 0 unspecified atom stereocenters. The highest BCUT2D eigenvalue weighted by Gasteiger charge is 2.45. The number of hydrogen-bond acceptors (Lipinski definition) is 4. The third-order valence-electron chi connectivity index (χ3n) is 1.39.